The lowest BCUT2D eigenvalue weighted by atomic mass is 10.1. The lowest BCUT2D eigenvalue weighted by Gasteiger charge is -2.35. The summed E-state index contributed by atoms with van der Waals surface area (Å²) < 4.78 is 60.2. The van der Waals surface area contributed by atoms with E-state index in [-0.39, 0.29) is 25.4 Å². The fraction of sp³-hybridized carbons (Fsp3) is 0.450. The zero-order chi connectivity index (χ0) is 24.2. The van der Waals surface area contributed by atoms with E-state index in [2.05, 4.69) is 4.98 Å². The monoisotopic (exact) mass is 507 g/mol. The average molecular weight is 508 g/mol. The van der Waals surface area contributed by atoms with E-state index in [0.717, 1.165) is 24.1 Å². The lowest BCUT2D eigenvalue weighted by molar-refractivity contribution is -0.140. The third-order valence-electron chi connectivity index (χ3n) is 4.74. The molecule has 180 valence electrons. The van der Waals surface area contributed by atoms with E-state index < -0.39 is 29.6 Å². The topological polar surface area (TPSA) is 83.0 Å². The van der Waals surface area contributed by atoms with Gasteiger partial charge in [0.1, 0.15) is 5.82 Å². The summed E-state index contributed by atoms with van der Waals surface area (Å²) in [7, 11) is 0. The van der Waals surface area contributed by atoms with Crippen molar-refractivity contribution in [3.8, 4) is 0 Å². The number of carbonyl (C=O) groups is 2. The highest BCUT2D eigenvalue weighted by Crippen LogP contribution is 2.32. The molecule has 0 spiro atoms. The molecule has 1 aliphatic heterocycles. The van der Waals surface area contributed by atoms with E-state index in [1.165, 1.54) is 28.6 Å². The number of thiazole rings is 1. The van der Waals surface area contributed by atoms with Crippen LogP contribution in [0.2, 0.25) is 0 Å². The van der Waals surface area contributed by atoms with E-state index in [0.29, 0.717) is 35.3 Å². The van der Waals surface area contributed by atoms with E-state index >= 15 is 0 Å². The second-order valence-electron chi connectivity index (χ2n) is 7.39. The molecule has 1 aromatic heterocycles. The predicted octanol–water partition coefficient (Wildman–Crippen LogP) is 3.68. The largest absolute Gasteiger partial charge is 0.481 e. The van der Waals surface area contributed by atoms with Gasteiger partial charge in [-0.05, 0) is 17.7 Å². The third-order valence-corrected chi connectivity index (χ3v) is 6.81. The van der Waals surface area contributed by atoms with E-state index in [9.17, 15) is 27.2 Å². The summed E-state index contributed by atoms with van der Waals surface area (Å²) in [6.45, 7) is 2.95. The first-order valence-corrected chi connectivity index (χ1v) is 11.5. The number of aliphatic carboxylic acids is 1. The van der Waals surface area contributed by atoms with Gasteiger partial charge >= 0.3 is 12.1 Å². The second kappa shape index (κ2) is 10.8. The Kier molecular flexibility index (Phi) is 8.32. The quantitative estimate of drug-likeness (QED) is 0.431. The number of amides is 1. The molecule has 1 N–H and O–H groups in total. The molecule has 0 aliphatic carbocycles. The Morgan fingerprint density at radius 2 is 2.15 bits per heavy atom. The van der Waals surface area contributed by atoms with E-state index in [1.54, 1.807) is 5.38 Å². The van der Waals surface area contributed by atoms with Crippen LogP contribution in [0.3, 0.4) is 0 Å². The number of carbonyl (C=O) groups excluding carboxylic acids is 1. The van der Waals surface area contributed by atoms with Crippen LogP contribution in [-0.4, -0.2) is 63.5 Å². The molecule has 2 heterocycles. The Bertz CT molecular complexity index is 1000. The Morgan fingerprint density at radius 1 is 1.39 bits per heavy atom. The van der Waals surface area contributed by atoms with Gasteiger partial charge in [0.2, 0.25) is 5.91 Å². The first-order valence-electron chi connectivity index (χ1n) is 9.83. The van der Waals surface area contributed by atoms with Crippen LogP contribution in [0, 0.1) is 5.82 Å². The van der Waals surface area contributed by atoms with Gasteiger partial charge in [-0.3, -0.25) is 18.8 Å². The van der Waals surface area contributed by atoms with Crippen LogP contribution in [0.1, 0.15) is 23.7 Å². The summed E-state index contributed by atoms with van der Waals surface area (Å²) in [6, 6.07) is 2.95. The smallest absolute Gasteiger partial charge is 0.419 e. The zero-order valence-corrected chi connectivity index (χ0v) is 19.1. The molecule has 33 heavy (non-hydrogen) atoms. The number of nitrogens with zero attached hydrogens (tertiary/aromatic N) is 3. The molecule has 0 bridgehead atoms. The summed E-state index contributed by atoms with van der Waals surface area (Å²) in [5, 5.41) is 10.5. The molecule has 1 amide bonds. The van der Waals surface area contributed by atoms with Gasteiger partial charge in [0.15, 0.2) is 4.34 Å². The highest BCUT2D eigenvalue weighted by Gasteiger charge is 2.34. The number of benzene rings is 1. The van der Waals surface area contributed by atoms with Crippen molar-refractivity contribution in [2.75, 3.05) is 26.2 Å². The zero-order valence-electron chi connectivity index (χ0n) is 17.5. The number of carboxylic acid groups (broad SMARTS) is 1. The molecule has 3 rings (SSSR count). The number of ether oxygens (including phenoxy) is 1. The minimum Gasteiger partial charge on any atom is -0.481 e. The fourth-order valence-corrected chi connectivity index (χ4v) is 5.10. The van der Waals surface area contributed by atoms with E-state index in [4.69, 9.17) is 9.84 Å². The highest BCUT2D eigenvalue weighted by atomic mass is 32.2. The van der Waals surface area contributed by atoms with Crippen LogP contribution in [0.15, 0.2) is 27.9 Å². The molecule has 1 aromatic carbocycles. The van der Waals surface area contributed by atoms with Crippen LogP contribution in [-0.2, 0) is 33.5 Å². The molecule has 2 aromatic rings. The molecule has 7 nitrogen and oxygen atoms in total. The number of alkyl halides is 3. The number of rotatable bonds is 8. The SMILES string of the molecule is CC(=O)N(C[C@@H]1CN(Cc2ccc(F)c(C(F)(F)F)c2)CCO1)Sc1nc(CC(=O)O)cs1. The molecule has 0 saturated carbocycles. The van der Waals surface area contributed by atoms with Crippen molar-refractivity contribution in [2.24, 2.45) is 0 Å². The number of hydrogen-bond acceptors (Lipinski definition) is 7. The van der Waals surface area contributed by atoms with Crippen LogP contribution < -0.4 is 0 Å². The van der Waals surface area contributed by atoms with Crippen LogP contribution in [0.5, 0.6) is 0 Å². The summed E-state index contributed by atoms with van der Waals surface area (Å²) in [4.78, 5) is 29.0. The number of carboxylic acids is 1. The number of morpholine rings is 1. The van der Waals surface area contributed by atoms with Crippen LogP contribution in [0.25, 0.3) is 0 Å². The first kappa shape index (κ1) is 25.4. The number of halogens is 4. The van der Waals surface area contributed by atoms with Crippen molar-refractivity contribution in [2.45, 2.75) is 36.5 Å². The Hall–Kier alpha value is -2.22. The third kappa shape index (κ3) is 7.39. The van der Waals surface area contributed by atoms with Crippen LogP contribution in [0.4, 0.5) is 17.6 Å². The molecule has 0 unspecified atom stereocenters. The average Bonchev–Trinajstić information content (AvgIpc) is 3.14. The van der Waals surface area contributed by atoms with Gasteiger partial charge < -0.3 is 9.84 Å². The van der Waals surface area contributed by atoms with Gasteiger partial charge in [-0.2, -0.15) is 13.2 Å². The Balaban J connectivity index is 1.61. The van der Waals surface area contributed by atoms with Gasteiger partial charge in [-0.15, -0.1) is 11.3 Å². The van der Waals surface area contributed by atoms with Gasteiger partial charge in [-0.25, -0.2) is 9.37 Å². The van der Waals surface area contributed by atoms with Crippen molar-refractivity contribution in [1.82, 2.24) is 14.2 Å². The minimum absolute atomic E-state index is 0.182. The molecule has 13 heteroatoms. The molecule has 1 aliphatic rings. The molecule has 1 fully saturated rings. The molecule has 1 saturated heterocycles. The second-order valence-corrected chi connectivity index (χ2v) is 9.51. The van der Waals surface area contributed by atoms with Crippen LogP contribution >= 0.6 is 23.3 Å². The van der Waals surface area contributed by atoms with Crippen molar-refractivity contribution in [1.29, 1.82) is 0 Å². The summed E-state index contributed by atoms with van der Waals surface area (Å²) in [5.41, 5.74) is -0.568. The van der Waals surface area contributed by atoms with Crippen molar-refractivity contribution in [3.05, 3.63) is 46.2 Å². The minimum atomic E-state index is -4.77. The van der Waals surface area contributed by atoms with Crippen molar-refractivity contribution >= 4 is 35.2 Å². The van der Waals surface area contributed by atoms with Gasteiger partial charge in [0.05, 0.1) is 36.9 Å². The maximum Gasteiger partial charge on any atom is 0.419 e. The number of aromatic nitrogens is 1. The summed E-state index contributed by atoms with van der Waals surface area (Å²) in [5.74, 6) is -2.56. The van der Waals surface area contributed by atoms with Gasteiger partial charge in [0, 0.05) is 43.9 Å². The van der Waals surface area contributed by atoms with Crippen molar-refractivity contribution < 1.29 is 37.0 Å². The van der Waals surface area contributed by atoms with Gasteiger partial charge in [0.25, 0.3) is 0 Å². The standard InChI is InChI=1S/C20H21F4N3O4S2/c1-12(28)27(33-19-25-14(11-32-19)7-18(29)30)10-15-9-26(4-5-31-15)8-13-2-3-17(21)16(6-13)20(22,23)24/h2-3,6,11,15H,4-5,7-10H2,1H3,(H,29,30)/t15-/m0/s1. The molecule has 0 radical (unpaired) electrons. The van der Waals surface area contributed by atoms with E-state index in [1.807, 2.05) is 4.90 Å². The normalized spacial score (nSPS) is 17.2. The maximum absolute atomic E-state index is 13.5. The van der Waals surface area contributed by atoms with Crippen molar-refractivity contribution in [3.63, 3.8) is 0 Å². The van der Waals surface area contributed by atoms with Gasteiger partial charge in [-0.1, -0.05) is 6.07 Å². The first-order chi connectivity index (χ1) is 15.5. The summed E-state index contributed by atoms with van der Waals surface area (Å²) in [6.07, 6.45) is -5.37. The summed E-state index contributed by atoms with van der Waals surface area (Å²) >= 11 is 2.31. The predicted molar refractivity (Wildman–Crippen MR) is 113 cm³/mol. The Labute approximate surface area is 195 Å². The molecular formula is C20H21F4N3O4S2. The molecule has 1 atom stereocenters. The Morgan fingerprint density at radius 3 is 2.82 bits per heavy atom. The fourth-order valence-electron chi connectivity index (χ4n) is 3.26. The molecular weight excluding hydrogens is 486 g/mol. The maximum atomic E-state index is 13.5. The lowest BCUT2D eigenvalue weighted by Crippen LogP contribution is -2.46. The highest BCUT2D eigenvalue weighted by molar-refractivity contribution is 7.99. The number of hydrogen-bond donors (Lipinski definition) is 1.